The van der Waals surface area contributed by atoms with Gasteiger partial charge in [-0.2, -0.15) is 10.4 Å². The Hall–Kier alpha value is -4.71. The molecule has 9 heteroatoms. The predicted octanol–water partition coefficient (Wildman–Crippen LogP) is 4.14. The lowest BCUT2D eigenvalue weighted by Gasteiger charge is -2.13. The van der Waals surface area contributed by atoms with Crippen LogP contribution in [0, 0.1) is 21.4 Å². The van der Waals surface area contributed by atoms with Crippen molar-refractivity contribution >= 4 is 17.8 Å². The summed E-state index contributed by atoms with van der Waals surface area (Å²) in [5, 5.41) is 24.2. The van der Waals surface area contributed by atoms with Crippen LogP contribution in [-0.4, -0.2) is 23.7 Å². The fourth-order valence-electron chi connectivity index (χ4n) is 3.13. The van der Waals surface area contributed by atoms with Crippen molar-refractivity contribution in [3.05, 3.63) is 99.1 Å². The van der Waals surface area contributed by atoms with Crippen molar-refractivity contribution in [1.29, 1.82) is 5.26 Å². The normalized spacial score (nSPS) is 10.5. The van der Waals surface area contributed by atoms with Crippen molar-refractivity contribution in [3.63, 3.8) is 0 Å². The zero-order valence-corrected chi connectivity index (χ0v) is 18.4. The van der Waals surface area contributed by atoms with Gasteiger partial charge in [-0.25, -0.2) is 5.43 Å². The summed E-state index contributed by atoms with van der Waals surface area (Å²) in [5.41, 5.74) is 4.52. The van der Waals surface area contributed by atoms with E-state index in [1.165, 1.54) is 18.3 Å². The minimum Gasteiger partial charge on any atom is -0.490 e. The molecule has 0 fully saturated rings. The highest BCUT2D eigenvalue weighted by atomic mass is 16.6. The fraction of sp³-hybridized carbons (Fsp3) is 0.160. The van der Waals surface area contributed by atoms with Gasteiger partial charge < -0.3 is 9.47 Å². The molecular formula is C25H22N4O5. The van der Waals surface area contributed by atoms with E-state index in [-0.39, 0.29) is 18.7 Å². The minimum atomic E-state index is -0.524. The number of nitrogens with one attached hydrogen (secondary N) is 1. The molecular weight excluding hydrogens is 436 g/mol. The summed E-state index contributed by atoms with van der Waals surface area (Å²) in [6, 6.07) is 20.6. The second-order valence-corrected chi connectivity index (χ2v) is 7.05. The van der Waals surface area contributed by atoms with Gasteiger partial charge in [-0.1, -0.05) is 36.4 Å². The predicted molar refractivity (Wildman–Crippen MR) is 126 cm³/mol. The van der Waals surface area contributed by atoms with Crippen LogP contribution in [0.2, 0.25) is 0 Å². The molecule has 0 atom stereocenters. The third-order valence-electron chi connectivity index (χ3n) is 4.73. The fourth-order valence-corrected chi connectivity index (χ4v) is 3.13. The van der Waals surface area contributed by atoms with Crippen LogP contribution in [0.4, 0.5) is 5.69 Å². The Bertz CT molecular complexity index is 1250. The quantitative estimate of drug-likeness (QED) is 0.276. The number of carbonyl (C=O) groups excluding carboxylic acids is 1. The number of hydrogen-bond donors (Lipinski definition) is 1. The smallest absolute Gasteiger partial charge is 0.273 e. The molecule has 0 bridgehead atoms. The summed E-state index contributed by atoms with van der Waals surface area (Å²) in [7, 11) is 0. The molecule has 1 amide bonds. The first-order valence-electron chi connectivity index (χ1n) is 10.4. The van der Waals surface area contributed by atoms with Crippen LogP contribution in [0.15, 0.2) is 71.8 Å². The average Bonchev–Trinajstić information content (AvgIpc) is 2.84. The number of hydrazone groups is 1. The van der Waals surface area contributed by atoms with Gasteiger partial charge in [0.15, 0.2) is 11.5 Å². The standard InChI is InChI=1S/C25H22N4O5/c1-2-33-24-13-18(11-12-23(24)34-17-21-9-4-3-8-20(21)15-26)16-27-28-25(30)14-19-7-5-6-10-22(19)29(31)32/h3-13,16H,2,14,17H2,1H3,(H,28,30)/b27-16+. The molecule has 0 saturated heterocycles. The number of ether oxygens (including phenoxy) is 2. The third kappa shape index (κ3) is 6.40. The zero-order valence-electron chi connectivity index (χ0n) is 18.4. The molecule has 9 nitrogen and oxygen atoms in total. The Kier molecular flexibility index (Phi) is 8.30. The summed E-state index contributed by atoms with van der Waals surface area (Å²) >= 11 is 0. The Morgan fingerprint density at radius 3 is 2.56 bits per heavy atom. The molecule has 34 heavy (non-hydrogen) atoms. The first-order chi connectivity index (χ1) is 16.5. The number of hydrogen-bond acceptors (Lipinski definition) is 7. The van der Waals surface area contributed by atoms with E-state index >= 15 is 0 Å². The van der Waals surface area contributed by atoms with Crippen LogP contribution in [0.1, 0.15) is 29.2 Å². The van der Waals surface area contributed by atoms with Crippen LogP contribution in [0.3, 0.4) is 0 Å². The topological polar surface area (TPSA) is 127 Å². The highest BCUT2D eigenvalue weighted by Crippen LogP contribution is 2.29. The maximum Gasteiger partial charge on any atom is 0.273 e. The van der Waals surface area contributed by atoms with Gasteiger partial charge in [-0.3, -0.25) is 14.9 Å². The Morgan fingerprint density at radius 1 is 1.09 bits per heavy atom. The molecule has 172 valence electrons. The number of nitriles is 1. The van der Waals surface area contributed by atoms with Gasteiger partial charge in [0.25, 0.3) is 5.69 Å². The summed E-state index contributed by atoms with van der Waals surface area (Å²) in [4.78, 5) is 22.7. The molecule has 0 unspecified atom stereocenters. The van der Waals surface area contributed by atoms with Crippen molar-refractivity contribution in [2.24, 2.45) is 5.10 Å². The molecule has 0 aliphatic carbocycles. The number of para-hydroxylation sites is 1. The molecule has 3 rings (SSSR count). The second kappa shape index (κ2) is 11.8. The van der Waals surface area contributed by atoms with Gasteiger partial charge >= 0.3 is 0 Å². The number of nitro benzene ring substituents is 1. The Labute approximate surface area is 196 Å². The number of nitrogens with zero attached hydrogens (tertiary/aromatic N) is 3. The highest BCUT2D eigenvalue weighted by Gasteiger charge is 2.15. The average molecular weight is 458 g/mol. The molecule has 0 heterocycles. The lowest BCUT2D eigenvalue weighted by molar-refractivity contribution is -0.385. The van der Waals surface area contributed by atoms with Crippen LogP contribution in [-0.2, 0) is 17.8 Å². The highest BCUT2D eigenvalue weighted by molar-refractivity contribution is 5.84. The van der Waals surface area contributed by atoms with Gasteiger partial charge in [0.05, 0.1) is 35.8 Å². The van der Waals surface area contributed by atoms with Crippen LogP contribution >= 0.6 is 0 Å². The van der Waals surface area contributed by atoms with Crippen molar-refractivity contribution in [1.82, 2.24) is 5.43 Å². The molecule has 0 radical (unpaired) electrons. The molecule has 0 aliphatic heterocycles. The van der Waals surface area contributed by atoms with Gasteiger partial charge in [-0.05, 0) is 36.8 Å². The molecule has 3 aromatic carbocycles. The van der Waals surface area contributed by atoms with E-state index in [1.54, 1.807) is 42.5 Å². The largest absolute Gasteiger partial charge is 0.490 e. The van der Waals surface area contributed by atoms with Crippen molar-refractivity contribution in [3.8, 4) is 17.6 Å². The number of amides is 1. The number of rotatable bonds is 10. The lowest BCUT2D eigenvalue weighted by Crippen LogP contribution is -2.20. The third-order valence-corrected chi connectivity index (χ3v) is 4.73. The minimum absolute atomic E-state index is 0.115. The molecule has 3 aromatic rings. The SMILES string of the molecule is CCOc1cc(/C=N/NC(=O)Cc2ccccc2[N+](=O)[O-])ccc1OCc1ccccc1C#N. The first-order valence-corrected chi connectivity index (χ1v) is 10.4. The monoisotopic (exact) mass is 458 g/mol. The Morgan fingerprint density at radius 2 is 1.82 bits per heavy atom. The van der Waals surface area contributed by atoms with E-state index in [9.17, 15) is 20.2 Å². The van der Waals surface area contributed by atoms with E-state index in [0.717, 1.165) is 5.56 Å². The van der Waals surface area contributed by atoms with Gasteiger partial charge in [-0.15, -0.1) is 0 Å². The van der Waals surface area contributed by atoms with E-state index in [4.69, 9.17) is 9.47 Å². The molecule has 0 aliphatic rings. The second-order valence-electron chi connectivity index (χ2n) is 7.05. The Balaban J connectivity index is 1.65. The van der Waals surface area contributed by atoms with E-state index < -0.39 is 10.8 Å². The van der Waals surface area contributed by atoms with E-state index in [0.29, 0.717) is 34.8 Å². The van der Waals surface area contributed by atoms with Crippen molar-refractivity contribution in [2.75, 3.05) is 6.61 Å². The number of nitro groups is 1. The summed E-state index contributed by atoms with van der Waals surface area (Å²) in [6.45, 7) is 2.47. The number of benzene rings is 3. The lowest BCUT2D eigenvalue weighted by atomic mass is 10.1. The van der Waals surface area contributed by atoms with Gasteiger partial charge in [0.2, 0.25) is 5.91 Å². The van der Waals surface area contributed by atoms with Crippen LogP contribution in [0.5, 0.6) is 11.5 Å². The molecule has 0 saturated carbocycles. The van der Waals surface area contributed by atoms with E-state index in [2.05, 4.69) is 16.6 Å². The van der Waals surface area contributed by atoms with Crippen LogP contribution < -0.4 is 14.9 Å². The first kappa shape index (κ1) is 23.9. The molecule has 1 N–H and O–H groups in total. The van der Waals surface area contributed by atoms with E-state index in [1.807, 2.05) is 19.1 Å². The summed E-state index contributed by atoms with van der Waals surface area (Å²) < 4.78 is 11.5. The van der Waals surface area contributed by atoms with Crippen molar-refractivity contribution in [2.45, 2.75) is 20.0 Å². The zero-order chi connectivity index (χ0) is 24.3. The summed E-state index contributed by atoms with van der Waals surface area (Å²) in [5.74, 6) is 0.519. The van der Waals surface area contributed by atoms with Gasteiger partial charge in [0, 0.05) is 17.2 Å². The van der Waals surface area contributed by atoms with Crippen LogP contribution in [0.25, 0.3) is 0 Å². The number of carbonyl (C=O) groups is 1. The summed E-state index contributed by atoms with van der Waals surface area (Å²) in [6.07, 6.45) is 1.27. The van der Waals surface area contributed by atoms with Gasteiger partial charge in [0.1, 0.15) is 6.61 Å². The molecule has 0 aromatic heterocycles. The maximum absolute atomic E-state index is 12.2. The molecule has 0 spiro atoms. The maximum atomic E-state index is 12.2. The van der Waals surface area contributed by atoms with Crippen molar-refractivity contribution < 1.29 is 19.2 Å².